The Bertz CT molecular complexity index is 1440. The van der Waals surface area contributed by atoms with Crippen molar-refractivity contribution in [2.75, 3.05) is 37.3 Å². The Hall–Kier alpha value is -2.61. The number of hydrogen-bond acceptors (Lipinski definition) is 7. The predicted octanol–water partition coefficient (Wildman–Crippen LogP) is 5.89. The fraction of sp³-hybridized carbons (Fsp3) is 0.467. The minimum Gasteiger partial charge on any atom is -0.362 e. The predicted molar refractivity (Wildman–Crippen MR) is 164 cm³/mol. The minimum absolute atomic E-state index is 0.0958. The van der Waals surface area contributed by atoms with Crippen molar-refractivity contribution in [2.24, 2.45) is 5.92 Å². The second kappa shape index (κ2) is 13.6. The van der Waals surface area contributed by atoms with Gasteiger partial charge in [-0.25, -0.2) is 0 Å². The molecule has 2 fully saturated rings. The average Bonchev–Trinajstić information content (AvgIpc) is 3.38. The summed E-state index contributed by atoms with van der Waals surface area (Å²) in [6, 6.07) is 11.3. The van der Waals surface area contributed by atoms with E-state index in [1.54, 1.807) is 16.8 Å². The number of nitrogens with zero attached hydrogens (tertiary/aromatic N) is 5. The van der Waals surface area contributed by atoms with Gasteiger partial charge in [0.1, 0.15) is 5.60 Å². The van der Waals surface area contributed by atoms with Crippen LogP contribution in [0.25, 0.3) is 5.69 Å². The zero-order chi connectivity index (χ0) is 28.8. The number of rotatable bonds is 11. The molecular formula is C30H34Cl2N6O2S. The zero-order valence-electron chi connectivity index (χ0n) is 23.3. The van der Waals surface area contributed by atoms with Gasteiger partial charge < -0.3 is 15.0 Å². The van der Waals surface area contributed by atoms with Crippen molar-refractivity contribution >= 4 is 46.6 Å². The highest BCUT2D eigenvalue weighted by Crippen LogP contribution is 2.34. The molecule has 1 saturated carbocycles. The van der Waals surface area contributed by atoms with Gasteiger partial charge in [0.2, 0.25) is 11.1 Å². The number of nitrogens with one attached hydrogen (secondary N) is 1. The number of carbonyl (C=O) groups is 1. The molecule has 0 unspecified atom stereocenters. The average molecular weight is 614 g/mol. The summed E-state index contributed by atoms with van der Waals surface area (Å²) in [4.78, 5) is 15.1. The quantitative estimate of drug-likeness (QED) is 0.213. The highest BCUT2D eigenvalue weighted by atomic mass is 35.5. The van der Waals surface area contributed by atoms with Crippen molar-refractivity contribution in [3.8, 4) is 17.5 Å². The van der Waals surface area contributed by atoms with Gasteiger partial charge in [-0.2, -0.15) is 4.68 Å². The van der Waals surface area contributed by atoms with Gasteiger partial charge in [0, 0.05) is 12.1 Å². The molecule has 1 amide bonds. The van der Waals surface area contributed by atoms with Gasteiger partial charge in [-0.1, -0.05) is 52.9 Å². The maximum Gasteiger partial charge on any atom is 0.234 e. The normalized spacial score (nSPS) is 15.5. The van der Waals surface area contributed by atoms with E-state index in [2.05, 4.69) is 43.6 Å². The van der Waals surface area contributed by atoms with Crippen LogP contribution in [-0.2, 0) is 16.0 Å². The first-order chi connectivity index (χ1) is 19.8. The summed E-state index contributed by atoms with van der Waals surface area (Å²) >= 11 is 14.2. The first-order valence-corrected chi connectivity index (χ1v) is 15.7. The molecule has 5 rings (SSSR count). The van der Waals surface area contributed by atoms with Gasteiger partial charge >= 0.3 is 0 Å². The number of carbonyl (C=O) groups excluding carboxylic acids is 1. The molecule has 2 aromatic carbocycles. The number of thioether (sulfide) groups is 1. The highest BCUT2D eigenvalue weighted by molar-refractivity contribution is 7.99. The van der Waals surface area contributed by atoms with Gasteiger partial charge in [-0.3, -0.25) is 4.79 Å². The highest BCUT2D eigenvalue weighted by Gasteiger charge is 2.22. The maximum absolute atomic E-state index is 12.7. The summed E-state index contributed by atoms with van der Waals surface area (Å²) in [5.41, 5.74) is 2.57. The van der Waals surface area contributed by atoms with Crippen LogP contribution in [0.1, 0.15) is 50.7 Å². The molecule has 1 saturated heterocycles. The van der Waals surface area contributed by atoms with Crippen LogP contribution in [-0.4, -0.2) is 68.6 Å². The van der Waals surface area contributed by atoms with E-state index in [4.69, 9.17) is 27.9 Å². The van der Waals surface area contributed by atoms with E-state index in [0.29, 0.717) is 33.2 Å². The first-order valence-electron chi connectivity index (χ1n) is 13.9. The van der Waals surface area contributed by atoms with Crippen molar-refractivity contribution < 1.29 is 9.53 Å². The topological polar surface area (TPSA) is 85.2 Å². The van der Waals surface area contributed by atoms with Gasteiger partial charge in [-0.05, 0) is 111 Å². The maximum atomic E-state index is 12.7. The Balaban J connectivity index is 1.13. The van der Waals surface area contributed by atoms with Gasteiger partial charge in [0.05, 0.1) is 33.8 Å². The summed E-state index contributed by atoms with van der Waals surface area (Å²) in [5, 5.41) is 16.2. The van der Waals surface area contributed by atoms with Gasteiger partial charge in [0.15, 0.2) is 0 Å². The minimum atomic E-state index is -0.575. The number of tetrazole rings is 1. The van der Waals surface area contributed by atoms with E-state index in [0.717, 1.165) is 37.5 Å². The molecule has 0 radical (unpaired) electrons. The number of halogens is 2. The number of aromatic nitrogens is 4. The van der Waals surface area contributed by atoms with E-state index >= 15 is 0 Å². The Morgan fingerprint density at radius 2 is 1.95 bits per heavy atom. The lowest BCUT2D eigenvalue weighted by Crippen LogP contribution is -2.29. The van der Waals surface area contributed by atoms with Crippen LogP contribution >= 0.6 is 35.0 Å². The number of ether oxygens (including phenoxy) is 1. The van der Waals surface area contributed by atoms with E-state index in [-0.39, 0.29) is 11.7 Å². The molecule has 1 aromatic heterocycles. The molecule has 2 aliphatic rings. The summed E-state index contributed by atoms with van der Waals surface area (Å²) in [6.45, 7) is 7.81. The van der Waals surface area contributed by atoms with E-state index in [9.17, 15) is 4.79 Å². The van der Waals surface area contributed by atoms with E-state index in [1.807, 2.05) is 32.0 Å². The van der Waals surface area contributed by atoms with Crippen LogP contribution in [0, 0.1) is 17.8 Å². The Morgan fingerprint density at radius 1 is 1.15 bits per heavy atom. The van der Waals surface area contributed by atoms with Crippen molar-refractivity contribution in [3.63, 3.8) is 0 Å². The third-order valence-electron chi connectivity index (χ3n) is 7.05. The molecule has 1 aliphatic carbocycles. The Labute approximate surface area is 255 Å². The molecule has 0 spiro atoms. The van der Waals surface area contributed by atoms with Crippen LogP contribution in [0.5, 0.6) is 0 Å². The smallest absolute Gasteiger partial charge is 0.234 e. The molecule has 216 valence electrons. The molecular weight excluding hydrogens is 579 g/mol. The molecule has 8 nitrogen and oxygen atoms in total. The molecule has 41 heavy (non-hydrogen) atoms. The summed E-state index contributed by atoms with van der Waals surface area (Å²) in [6.07, 6.45) is 6.14. The van der Waals surface area contributed by atoms with Crippen molar-refractivity contribution in [1.29, 1.82) is 0 Å². The standard InChI is InChI=1S/C30H34Cl2N6O2S/c1-30(2,40-16-15-37-13-3-4-14-37)12-11-22-7-9-26(24(31)18-22)33-28(39)20-41-29-34-35-36-38(29)27-10-8-23(19-25(27)32)17-21-5-6-21/h7-10,18-19,21H,3-6,13-17,20H2,1-2H3,(H,33,39). The van der Waals surface area contributed by atoms with Crippen LogP contribution in [0.2, 0.25) is 10.0 Å². The molecule has 1 aliphatic heterocycles. The Morgan fingerprint density at radius 3 is 2.68 bits per heavy atom. The lowest BCUT2D eigenvalue weighted by atomic mass is 10.1. The number of likely N-dealkylation sites (tertiary alicyclic amines) is 1. The van der Waals surface area contributed by atoms with Crippen LogP contribution in [0.3, 0.4) is 0 Å². The van der Waals surface area contributed by atoms with Crippen molar-refractivity contribution in [1.82, 2.24) is 25.1 Å². The second-order valence-electron chi connectivity index (χ2n) is 11.0. The van der Waals surface area contributed by atoms with E-state index < -0.39 is 5.60 Å². The number of hydrogen-bond donors (Lipinski definition) is 1. The lowest BCUT2D eigenvalue weighted by molar-refractivity contribution is -0.113. The zero-order valence-corrected chi connectivity index (χ0v) is 25.7. The number of amides is 1. The third kappa shape index (κ3) is 8.69. The van der Waals surface area contributed by atoms with Crippen molar-refractivity contribution in [2.45, 2.75) is 56.7 Å². The van der Waals surface area contributed by atoms with E-state index in [1.165, 1.54) is 43.0 Å². The Kier molecular flexibility index (Phi) is 9.89. The molecule has 0 bridgehead atoms. The van der Waals surface area contributed by atoms with Crippen LogP contribution in [0.15, 0.2) is 41.6 Å². The second-order valence-corrected chi connectivity index (χ2v) is 12.8. The lowest BCUT2D eigenvalue weighted by Gasteiger charge is -2.21. The fourth-order valence-corrected chi connectivity index (χ4v) is 5.82. The summed E-state index contributed by atoms with van der Waals surface area (Å²) in [7, 11) is 0. The SMILES string of the molecule is CC(C)(C#Cc1ccc(NC(=O)CSc2nnnn2-c2ccc(CC3CC3)cc2Cl)c(Cl)c1)OCCN1CCCC1. The summed E-state index contributed by atoms with van der Waals surface area (Å²) < 4.78 is 7.57. The molecule has 0 atom stereocenters. The van der Waals surface area contributed by atoms with Gasteiger partial charge in [-0.15, -0.1) is 5.10 Å². The van der Waals surface area contributed by atoms with Crippen LogP contribution in [0.4, 0.5) is 5.69 Å². The molecule has 1 N–H and O–H groups in total. The summed E-state index contributed by atoms with van der Waals surface area (Å²) in [5.74, 6) is 6.97. The number of anilines is 1. The first kappa shape index (κ1) is 29.9. The van der Waals surface area contributed by atoms with Crippen molar-refractivity contribution in [3.05, 3.63) is 57.6 Å². The third-order valence-corrected chi connectivity index (χ3v) is 8.59. The number of benzene rings is 2. The van der Waals surface area contributed by atoms with Crippen LogP contribution < -0.4 is 5.32 Å². The van der Waals surface area contributed by atoms with Gasteiger partial charge in [0.25, 0.3) is 0 Å². The fourth-order valence-electron chi connectivity index (χ4n) is 4.63. The molecule has 2 heterocycles. The largest absolute Gasteiger partial charge is 0.362 e. The molecule has 3 aromatic rings. The monoisotopic (exact) mass is 612 g/mol. The molecule has 11 heteroatoms.